The standard InChI is InChI=1S/C10H19N/c1-8(2)10-5-6-11(7-10)9(3)4/h5,8-9H,6-7H2,1-4H3. The summed E-state index contributed by atoms with van der Waals surface area (Å²) >= 11 is 0. The molecule has 0 unspecified atom stereocenters. The van der Waals surface area contributed by atoms with E-state index < -0.39 is 0 Å². The minimum Gasteiger partial charge on any atom is -0.293 e. The second-order valence-electron chi connectivity index (χ2n) is 3.96. The smallest absolute Gasteiger partial charge is 0.0201 e. The minimum atomic E-state index is 0.697. The lowest BCUT2D eigenvalue weighted by Gasteiger charge is -2.20. The number of hydrogen-bond acceptors (Lipinski definition) is 1. The highest BCUT2D eigenvalue weighted by atomic mass is 15.2. The van der Waals surface area contributed by atoms with Crippen LogP contribution in [0.15, 0.2) is 11.6 Å². The van der Waals surface area contributed by atoms with Crippen molar-refractivity contribution in [3.63, 3.8) is 0 Å². The normalized spacial score (nSPS) is 20.0. The van der Waals surface area contributed by atoms with Crippen LogP contribution in [0.5, 0.6) is 0 Å². The van der Waals surface area contributed by atoms with Crippen molar-refractivity contribution >= 4 is 0 Å². The topological polar surface area (TPSA) is 3.24 Å². The van der Waals surface area contributed by atoms with Gasteiger partial charge in [0.05, 0.1) is 0 Å². The third-order valence-corrected chi connectivity index (χ3v) is 2.45. The van der Waals surface area contributed by atoms with Gasteiger partial charge in [0.25, 0.3) is 0 Å². The molecule has 0 aromatic heterocycles. The molecule has 0 bridgehead atoms. The lowest BCUT2D eigenvalue weighted by Crippen LogP contribution is -2.28. The molecule has 64 valence electrons. The van der Waals surface area contributed by atoms with Gasteiger partial charge in [0.1, 0.15) is 0 Å². The van der Waals surface area contributed by atoms with Gasteiger partial charge in [-0.3, -0.25) is 4.90 Å². The summed E-state index contributed by atoms with van der Waals surface area (Å²) in [5.74, 6) is 0.735. The number of hydrogen-bond donors (Lipinski definition) is 0. The Hall–Kier alpha value is -0.300. The first-order valence-electron chi connectivity index (χ1n) is 4.54. The maximum absolute atomic E-state index is 2.50. The van der Waals surface area contributed by atoms with Crippen LogP contribution >= 0.6 is 0 Å². The molecular formula is C10H19N. The van der Waals surface area contributed by atoms with E-state index in [1.54, 1.807) is 5.57 Å². The number of rotatable bonds is 2. The van der Waals surface area contributed by atoms with Gasteiger partial charge in [-0.05, 0) is 19.8 Å². The predicted octanol–water partition coefficient (Wildman–Crippen LogP) is 2.29. The summed E-state index contributed by atoms with van der Waals surface area (Å²) < 4.78 is 0. The van der Waals surface area contributed by atoms with Crippen LogP contribution in [0.2, 0.25) is 0 Å². The summed E-state index contributed by atoms with van der Waals surface area (Å²) in [6, 6.07) is 0.697. The summed E-state index contributed by atoms with van der Waals surface area (Å²) in [4.78, 5) is 2.50. The summed E-state index contributed by atoms with van der Waals surface area (Å²) in [5.41, 5.74) is 1.61. The highest BCUT2D eigenvalue weighted by molar-refractivity contribution is 5.14. The van der Waals surface area contributed by atoms with Crippen LogP contribution in [-0.4, -0.2) is 24.0 Å². The van der Waals surface area contributed by atoms with E-state index in [2.05, 4.69) is 38.7 Å². The van der Waals surface area contributed by atoms with E-state index >= 15 is 0 Å². The average molecular weight is 153 g/mol. The molecule has 1 rings (SSSR count). The van der Waals surface area contributed by atoms with Crippen LogP contribution < -0.4 is 0 Å². The van der Waals surface area contributed by atoms with E-state index in [0.717, 1.165) is 12.5 Å². The molecule has 0 radical (unpaired) electrons. The van der Waals surface area contributed by atoms with Crippen LogP contribution in [0, 0.1) is 5.92 Å². The molecule has 11 heavy (non-hydrogen) atoms. The quantitative estimate of drug-likeness (QED) is 0.550. The Bertz CT molecular complexity index is 156. The van der Waals surface area contributed by atoms with Crippen molar-refractivity contribution in [3.8, 4) is 0 Å². The van der Waals surface area contributed by atoms with E-state index in [0.29, 0.717) is 6.04 Å². The van der Waals surface area contributed by atoms with Crippen LogP contribution in [0.4, 0.5) is 0 Å². The Morgan fingerprint density at radius 3 is 2.18 bits per heavy atom. The SMILES string of the molecule is CC(C)C1=CCN(C(C)C)C1. The summed E-state index contributed by atoms with van der Waals surface area (Å²) in [6.07, 6.45) is 2.38. The van der Waals surface area contributed by atoms with E-state index in [1.807, 2.05) is 0 Å². The average Bonchev–Trinajstić information content (AvgIpc) is 2.33. The van der Waals surface area contributed by atoms with Crippen molar-refractivity contribution in [1.29, 1.82) is 0 Å². The molecule has 0 fully saturated rings. The summed E-state index contributed by atoms with van der Waals surface area (Å²) in [7, 11) is 0. The van der Waals surface area contributed by atoms with Crippen LogP contribution in [0.25, 0.3) is 0 Å². The molecule has 1 aliphatic rings. The molecule has 0 atom stereocenters. The molecule has 0 N–H and O–H groups in total. The van der Waals surface area contributed by atoms with Crippen molar-refractivity contribution in [3.05, 3.63) is 11.6 Å². The van der Waals surface area contributed by atoms with Crippen LogP contribution in [0.1, 0.15) is 27.7 Å². The first-order chi connectivity index (χ1) is 5.11. The fourth-order valence-corrected chi connectivity index (χ4v) is 1.41. The lowest BCUT2D eigenvalue weighted by atomic mass is 10.1. The third-order valence-electron chi connectivity index (χ3n) is 2.45. The molecule has 0 aromatic carbocycles. The zero-order valence-electron chi connectivity index (χ0n) is 8.09. The highest BCUT2D eigenvalue weighted by Crippen LogP contribution is 2.18. The van der Waals surface area contributed by atoms with Gasteiger partial charge >= 0.3 is 0 Å². The van der Waals surface area contributed by atoms with Crippen molar-refractivity contribution in [2.24, 2.45) is 5.92 Å². The highest BCUT2D eigenvalue weighted by Gasteiger charge is 2.17. The van der Waals surface area contributed by atoms with Crippen molar-refractivity contribution in [2.45, 2.75) is 33.7 Å². The van der Waals surface area contributed by atoms with Gasteiger partial charge in [-0.15, -0.1) is 0 Å². The molecule has 0 amide bonds. The molecule has 0 aromatic rings. The molecular weight excluding hydrogens is 134 g/mol. The second kappa shape index (κ2) is 3.40. The van der Waals surface area contributed by atoms with Gasteiger partial charge in [-0.1, -0.05) is 25.5 Å². The van der Waals surface area contributed by atoms with E-state index in [4.69, 9.17) is 0 Å². The fourth-order valence-electron chi connectivity index (χ4n) is 1.41. The molecule has 1 heteroatoms. The van der Waals surface area contributed by atoms with E-state index in [9.17, 15) is 0 Å². The lowest BCUT2D eigenvalue weighted by molar-refractivity contribution is 0.280. The molecule has 1 aliphatic heterocycles. The van der Waals surface area contributed by atoms with Crippen molar-refractivity contribution < 1.29 is 0 Å². The molecule has 1 nitrogen and oxygen atoms in total. The molecule has 1 heterocycles. The monoisotopic (exact) mass is 153 g/mol. The molecule has 0 aliphatic carbocycles. The van der Waals surface area contributed by atoms with Gasteiger partial charge < -0.3 is 0 Å². The third kappa shape index (κ3) is 2.06. The fraction of sp³-hybridized carbons (Fsp3) is 0.800. The van der Waals surface area contributed by atoms with E-state index in [-0.39, 0.29) is 0 Å². The number of nitrogens with zero attached hydrogens (tertiary/aromatic N) is 1. The summed E-state index contributed by atoms with van der Waals surface area (Å²) in [5, 5.41) is 0. The van der Waals surface area contributed by atoms with Gasteiger partial charge in [-0.25, -0.2) is 0 Å². The zero-order chi connectivity index (χ0) is 8.43. The van der Waals surface area contributed by atoms with Crippen molar-refractivity contribution in [1.82, 2.24) is 4.90 Å². The molecule has 0 saturated carbocycles. The van der Waals surface area contributed by atoms with Crippen LogP contribution in [-0.2, 0) is 0 Å². The predicted molar refractivity (Wildman–Crippen MR) is 49.6 cm³/mol. The Kier molecular flexibility index (Phi) is 2.72. The Balaban J connectivity index is 2.43. The molecule has 0 saturated heterocycles. The summed E-state index contributed by atoms with van der Waals surface area (Å²) in [6.45, 7) is 11.4. The van der Waals surface area contributed by atoms with Gasteiger partial charge in [0.2, 0.25) is 0 Å². The maximum Gasteiger partial charge on any atom is 0.0201 e. The van der Waals surface area contributed by atoms with Gasteiger partial charge in [-0.2, -0.15) is 0 Å². The Morgan fingerprint density at radius 1 is 1.27 bits per heavy atom. The van der Waals surface area contributed by atoms with Gasteiger partial charge in [0, 0.05) is 19.1 Å². The van der Waals surface area contributed by atoms with E-state index in [1.165, 1.54) is 6.54 Å². The van der Waals surface area contributed by atoms with Gasteiger partial charge in [0.15, 0.2) is 0 Å². The van der Waals surface area contributed by atoms with Crippen molar-refractivity contribution in [2.75, 3.05) is 13.1 Å². The minimum absolute atomic E-state index is 0.697. The largest absolute Gasteiger partial charge is 0.293 e. The molecule has 0 spiro atoms. The van der Waals surface area contributed by atoms with Crippen LogP contribution in [0.3, 0.4) is 0 Å². The zero-order valence-corrected chi connectivity index (χ0v) is 8.09. The Morgan fingerprint density at radius 2 is 1.91 bits per heavy atom. The first-order valence-corrected chi connectivity index (χ1v) is 4.54. The Labute approximate surface area is 70.1 Å². The maximum atomic E-state index is 2.50. The first kappa shape index (κ1) is 8.79. The second-order valence-corrected chi connectivity index (χ2v) is 3.96.